The quantitative estimate of drug-likeness (QED) is 0.300. The maximum absolute atomic E-state index is 12.5. The van der Waals surface area contributed by atoms with E-state index < -0.39 is 6.67 Å². The molecule has 0 unspecified atom stereocenters. The molecule has 208 valence electrons. The van der Waals surface area contributed by atoms with E-state index in [-0.39, 0.29) is 11.4 Å². The van der Waals surface area contributed by atoms with Crippen LogP contribution in [0.2, 0.25) is 0 Å². The zero-order chi connectivity index (χ0) is 29.1. The smallest absolute Gasteiger partial charge is 0.250 e. The molecule has 11 heteroatoms. The summed E-state index contributed by atoms with van der Waals surface area (Å²) in [7, 11) is 0. The number of aromatic nitrogens is 8. The van der Waals surface area contributed by atoms with Gasteiger partial charge in [0.15, 0.2) is 11.3 Å². The van der Waals surface area contributed by atoms with Gasteiger partial charge in [-0.2, -0.15) is 0 Å². The van der Waals surface area contributed by atoms with Gasteiger partial charge in [-0.15, -0.1) is 10.2 Å². The SMILES string of the molecule is O=c1n(CCC#Cc2cccc(CF)n2)nc2ccccn12.O=c1n(CCC#Cc2ccccn2)nc2ccccn12. The van der Waals surface area contributed by atoms with E-state index in [0.717, 1.165) is 5.69 Å². The number of pyridine rings is 4. The molecule has 0 aliphatic rings. The van der Waals surface area contributed by atoms with Gasteiger partial charge in [0.2, 0.25) is 0 Å². The molecule has 0 aliphatic heterocycles. The first kappa shape index (κ1) is 27.7. The minimum absolute atomic E-state index is 0.139. The average molecular weight is 561 g/mol. The first-order valence-electron chi connectivity index (χ1n) is 13.1. The Hall–Kier alpha value is -5.81. The summed E-state index contributed by atoms with van der Waals surface area (Å²) < 4.78 is 18.3. The van der Waals surface area contributed by atoms with Crippen molar-refractivity contribution in [2.45, 2.75) is 32.6 Å². The highest BCUT2D eigenvalue weighted by Crippen LogP contribution is 2.00. The molecule has 0 saturated carbocycles. The minimum Gasteiger partial charge on any atom is -0.250 e. The topological polar surface area (TPSA) is 104 Å². The van der Waals surface area contributed by atoms with Crippen molar-refractivity contribution >= 4 is 11.3 Å². The molecule has 0 aliphatic carbocycles. The molecule has 0 spiro atoms. The van der Waals surface area contributed by atoms with Crippen molar-refractivity contribution < 1.29 is 4.39 Å². The standard InChI is InChI=1S/C16H13FN4O.C15H12N4O/c17-12-14-8-5-7-13(18-14)6-1-4-11-21-16(22)20-10-3-2-9-15(20)19-21;20-15-18-11-5-3-9-14(18)17-19(15)12-6-2-8-13-7-1-4-10-16-13/h2-3,5,7-10H,4,11-12H2;1,3-5,7,9-11H,6,12H2. The van der Waals surface area contributed by atoms with Gasteiger partial charge >= 0.3 is 11.4 Å². The summed E-state index contributed by atoms with van der Waals surface area (Å²) >= 11 is 0. The predicted molar refractivity (Wildman–Crippen MR) is 155 cm³/mol. The fourth-order valence-corrected chi connectivity index (χ4v) is 3.92. The maximum Gasteiger partial charge on any atom is 0.350 e. The van der Waals surface area contributed by atoms with Gasteiger partial charge in [-0.1, -0.05) is 36.1 Å². The van der Waals surface area contributed by atoms with Crippen molar-refractivity contribution in [2.24, 2.45) is 0 Å². The Balaban J connectivity index is 0.000000169. The van der Waals surface area contributed by atoms with Gasteiger partial charge < -0.3 is 0 Å². The second-order valence-electron chi connectivity index (χ2n) is 8.84. The van der Waals surface area contributed by atoms with Crippen LogP contribution in [-0.4, -0.2) is 38.3 Å². The number of nitrogens with zero attached hydrogens (tertiary/aromatic N) is 8. The van der Waals surface area contributed by atoms with Crippen molar-refractivity contribution in [3.8, 4) is 23.7 Å². The van der Waals surface area contributed by atoms with Crippen LogP contribution < -0.4 is 11.4 Å². The van der Waals surface area contributed by atoms with Crippen LogP contribution in [0.5, 0.6) is 0 Å². The van der Waals surface area contributed by atoms with Crippen LogP contribution in [-0.2, 0) is 19.8 Å². The Labute approximate surface area is 239 Å². The lowest BCUT2D eigenvalue weighted by atomic mass is 10.3. The number of alkyl halides is 1. The summed E-state index contributed by atoms with van der Waals surface area (Å²) in [4.78, 5) is 32.2. The molecule has 6 heterocycles. The van der Waals surface area contributed by atoms with Gasteiger partial charge in [0.05, 0.1) is 18.8 Å². The zero-order valence-corrected chi connectivity index (χ0v) is 22.5. The molecular formula is C31H25FN8O2. The zero-order valence-electron chi connectivity index (χ0n) is 22.5. The molecule has 10 nitrogen and oxygen atoms in total. The van der Waals surface area contributed by atoms with Crippen LogP contribution in [0, 0.1) is 23.7 Å². The Kier molecular flexibility index (Phi) is 8.92. The van der Waals surface area contributed by atoms with Crippen LogP contribution in [0.1, 0.15) is 29.9 Å². The van der Waals surface area contributed by atoms with Crippen LogP contribution in [0.4, 0.5) is 4.39 Å². The number of aryl methyl sites for hydroxylation is 2. The van der Waals surface area contributed by atoms with E-state index in [1.807, 2.05) is 30.3 Å². The molecule has 0 radical (unpaired) electrons. The Bertz CT molecular complexity index is 2050. The van der Waals surface area contributed by atoms with Crippen LogP contribution in [0.15, 0.2) is 101 Å². The summed E-state index contributed by atoms with van der Waals surface area (Å²) in [6.07, 6.45) is 6.11. The fraction of sp³-hybridized carbons (Fsp3) is 0.161. The molecule has 6 aromatic heterocycles. The first-order chi connectivity index (χ1) is 20.6. The van der Waals surface area contributed by atoms with Gasteiger partial charge in [-0.25, -0.2) is 33.3 Å². The van der Waals surface area contributed by atoms with E-state index in [0.29, 0.717) is 48.6 Å². The largest absolute Gasteiger partial charge is 0.350 e. The lowest BCUT2D eigenvalue weighted by molar-refractivity contribution is 0.476. The van der Waals surface area contributed by atoms with Crippen molar-refractivity contribution in [1.29, 1.82) is 0 Å². The second-order valence-corrected chi connectivity index (χ2v) is 8.84. The molecule has 0 aromatic carbocycles. The molecule has 42 heavy (non-hydrogen) atoms. The van der Waals surface area contributed by atoms with Crippen LogP contribution in [0.3, 0.4) is 0 Å². The third kappa shape index (κ3) is 6.84. The molecule has 0 N–H and O–H groups in total. The number of rotatable bonds is 5. The van der Waals surface area contributed by atoms with Crippen molar-refractivity contribution in [1.82, 2.24) is 38.3 Å². The van der Waals surface area contributed by atoms with Crippen LogP contribution in [0.25, 0.3) is 11.3 Å². The fourth-order valence-electron chi connectivity index (χ4n) is 3.92. The normalized spacial score (nSPS) is 10.3. The summed E-state index contributed by atoms with van der Waals surface area (Å²) in [6.45, 7) is 0.267. The average Bonchev–Trinajstić information content (AvgIpc) is 3.54. The molecule has 0 saturated heterocycles. The van der Waals surface area contributed by atoms with Crippen LogP contribution >= 0.6 is 0 Å². The third-order valence-electron chi connectivity index (χ3n) is 5.92. The van der Waals surface area contributed by atoms with Gasteiger partial charge in [-0.05, 0) is 60.4 Å². The molecule has 0 fully saturated rings. The van der Waals surface area contributed by atoms with E-state index >= 15 is 0 Å². The molecule has 6 aromatic rings. The third-order valence-corrected chi connectivity index (χ3v) is 5.92. The number of hydrogen-bond acceptors (Lipinski definition) is 6. The first-order valence-corrected chi connectivity index (χ1v) is 13.1. The van der Waals surface area contributed by atoms with E-state index in [2.05, 4.69) is 43.8 Å². The van der Waals surface area contributed by atoms with Crippen molar-refractivity contribution in [2.75, 3.05) is 0 Å². The number of halogens is 1. The van der Waals surface area contributed by atoms with E-state index in [1.165, 1.54) is 18.2 Å². The van der Waals surface area contributed by atoms with E-state index in [9.17, 15) is 14.0 Å². The summed E-state index contributed by atoms with van der Waals surface area (Å²) in [5.41, 5.74) is 2.55. The summed E-state index contributed by atoms with van der Waals surface area (Å²) in [5, 5.41) is 8.46. The van der Waals surface area contributed by atoms with Gasteiger partial charge in [0, 0.05) is 31.4 Å². The van der Waals surface area contributed by atoms with E-state index in [4.69, 9.17) is 0 Å². The molecule has 0 atom stereocenters. The summed E-state index contributed by atoms with van der Waals surface area (Å²) in [5.74, 6) is 11.8. The summed E-state index contributed by atoms with van der Waals surface area (Å²) in [6, 6.07) is 21.5. The molecule has 0 amide bonds. The lowest BCUT2D eigenvalue weighted by Crippen LogP contribution is -2.20. The maximum atomic E-state index is 12.5. The highest BCUT2D eigenvalue weighted by Gasteiger charge is 2.05. The highest BCUT2D eigenvalue weighted by atomic mass is 19.1. The molecule has 0 bridgehead atoms. The van der Waals surface area contributed by atoms with Gasteiger partial charge in [0.25, 0.3) is 0 Å². The predicted octanol–water partition coefficient (Wildman–Crippen LogP) is 3.14. The minimum atomic E-state index is -0.605. The van der Waals surface area contributed by atoms with Gasteiger partial charge in [-0.3, -0.25) is 8.80 Å². The van der Waals surface area contributed by atoms with Crippen molar-refractivity contribution in [3.05, 3.63) is 129 Å². The highest BCUT2D eigenvalue weighted by molar-refractivity contribution is 5.36. The number of hydrogen-bond donors (Lipinski definition) is 0. The molecular weight excluding hydrogens is 535 g/mol. The Morgan fingerprint density at radius 2 is 1.24 bits per heavy atom. The van der Waals surface area contributed by atoms with E-state index in [1.54, 1.807) is 61.1 Å². The Morgan fingerprint density at radius 3 is 1.79 bits per heavy atom. The Morgan fingerprint density at radius 1 is 0.667 bits per heavy atom. The van der Waals surface area contributed by atoms with Crippen molar-refractivity contribution in [3.63, 3.8) is 0 Å². The molecule has 6 rings (SSSR count). The monoisotopic (exact) mass is 560 g/mol. The second kappa shape index (κ2) is 13.5. The van der Waals surface area contributed by atoms with Gasteiger partial charge in [0.1, 0.15) is 18.1 Å². The number of fused-ring (bicyclic) bond motifs is 2. The lowest BCUT2D eigenvalue weighted by Gasteiger charge is -1.94.